The Kier molecular flexibility index (Phi) is 5.57. The third-order valence-electron chi connectivity index (χ3n) is 4.96. The Morgan fingerprint density at radius 3 is 2.56 bits per heavy atom. The van der Waals surface area contributed by atoms with E-state index in [-0.39, 0.29) is 6.10 Å². The largest absolute Gasteiger partial charge is 0.506 e. The highest BCUT2D eigenvalue weighted by atomic mass is 32.1. The molecular formula is C23H19N3O5S. The lowest BCUT2D eigenvalue weighted by molar-refractivity contribution is -0.0359. The summed E-state index contributed by atoms with van der Waals surface area (Å²) in [5.74, 6) is 2.48. The first-order chi connectivity index (χ1) is 15.6. The first-order valence-corrected chi connectivity index (χ1v) is 10.8. The summed E-state index contributed by atoms with van der Waals surface area (Å²) >= 11 is 1.59. The molecule has 4 aromatic rings. The number of benzene rings is 2. The molecule has 8 nitrogen and oxygen atoms in total. The Bertz CT molecular complexity index is 1200. The molecular weight excluding hydrogens is 430 g/mol. The van der Waals surface area contributed by atoms with Gasteiger partial charge >= 0.3 is 6.16 Å². The van der Waals surface area contributed by atoms with Crippen molar-refractivity contribution in [3.05, 3.63) is 71.6 Å². The third kappa shape index (κ3) is 4.63. The first kappa shape index (κ1) is 20.2. The van der Waals surface area contributed by atoms with Gasteiger partial charge in [-0.15, -0.1) is 11.3 Å². The molecule has 0 unspecified atom stereocenters. The molecule has 1 saturated heterocycles. The Hall–Kier alpha value is -3.69. The van der Waals surface area contributed by atoms with Gasteiger partial charge in [0.05, 0.1) is 4.88 Å². The number of hydrogen-bond donors (Lipinski definition) is 1. The summed E-state index contributed by atoms with van der Waals surface area (Å²) in [6, 6.07) is 21.1. The summed E-state index contributed by atoms with van der Waals surface area (Å²) in [6.07, 6.45) is -1.46. The zero-order valence-corrected chi connectivity index (χ0v) is 17.7. The summed E-state index contributed by atoms with van der Waals surface area (Å²) in [5, 5.41) is 12.8. The van der Waals surface area contributed by atoms with Gasteiger partial charge in [-0.25, -0.2) is 4.79 Å². The number of carboxylic acid groups (broad SMARTS) is 1. The molecule has 0 saturated carbocycles. The van der Waals surface area contributed by atoms with Gasteiger partial charge in [-0.1, -0.05) is 23.4 Å². The second-order valence-electron chi connectivity index (χ2n) is 7.33. The number of thiophene rings is 1. The lowest BCUT2D eigenvalue weighted by atomic mass is 10.1. The summed E-state index contributed by atoms with van der Waals surface area (Å²) in [4.78, 5) is 19.3. The Morgan fingerprint density at radius 1 is 1.06 bits per heavy atom. The molecule has 5 rings (SSSR count). The summed E-state index contributed by atoms with van der Waals surface area (Å²) in [6.45, 7) is 1.95. The highest BCUT2D eigenvalue weighted by Gasteiger charge is 2.30. The lowest BCUT2D eigenvalue weighted by Crippen LogP contribution is -2.51. The summed E-state index contributed by atoms with van der Waals surface area (Å²) in [5.41, 5.74) is 0.811. The van der Waals surface area contributed by atoms with Crippen LogP contribution >= 0.6 is 11.3 Å². The highest BCUT2D eigenvalue weighted by Crippen LogP contribution is 2.30. The molecule has 2 aromatic heterocycles. The topological polar surface area (TPSA) is 97.9 Å². The van der Waals surface area contributed by atoms with Crippen molar-refractivity contribution in [2.45, 2.75) is 12.6 Å². The quantitative estimate of drug-likeness (QED) is 0.388. The van der Waals surface area contributed by atoms with Gasteiger partial charge in [0, 0.05) is 30.1 Å². The zero-order valence-electron chi connectivity index (χ0n) is 16.9. The molecule has 9 heteroatoms. The van der Waals surface area contributed by atoms with Crippen molar-refractivity contribution in [1.29, 1.82) is 0 Å². The van der Waals surface area contributed by atoms with Crippen LogP contribution in [0.2, 0.25) is 0 Å². The van der Waals surface area contributed by atoms with Crippen molar-refractivity contribution < 1.29 is 23.9 Å². The third-order valence-corrected chi connectivity index (χ3v) is 6.02. The molecule has 0 aliphatic carbocycles. The van der Waals surface area contributed by atoms with E-state index in [1.807, 2.05) is 66.7 Å². The van der Waals surface area contributed by atoms with Crippen molar-refractivity contribution in [2.24, 2.45) is 0 Å². The molecule has 1 aliphatic heterocycles. The van der Waals surface area contributed by atoms with Gasteiger partial charge in [-0.2, -0.15) is 4.98 Å². The molecule has 1 fully saturated rings. The van der Waals surface area contributed by atoms with E-state index in [2.05, 4.69) is 15.0 Å². The smallest absolute Gasteiger partial charge is 0.457 e. The van der Waals surface area contributed by atoms with Crippen LogP contribution in [-0.4, -0.2) is 45.5 Å². The standard InChI is InChI=1S/C23H19N3O5S/c27-23(28)30-18-12-26(13-18)14-19-10-11-20(32-19)21-24-22(31-25-21)15-6-8-17(9-7-15)29-16-4-2-1-3-5-16/h1-11,18H,12-14H2,(H,27,28). The monoisotopic (exact) mass is 449 g/mol. The van der Waals surface area contributed by atoms with Gasteiger partial charge in [0.1, 0.15) is 17.6 Å². The van der Waals surface area contributed by atoms with E-state index < -0.39 is 6.16 Å². The second kappa shape index (κ2) is 8.81. The molecule has 1 aliphatic rings. The van der Waals surface area contributed by atoms with Gasteiger partial charge in [-0.3, -0.25) is 4.90 Å². The van der Waals surface area contributed by atoms with E-state index >= 15 is 0 Å². The minimum atomic E-state index is -1.22. The fraction of sp³-hybridized carbons (Fsp3) is 0.174. The van der Waals surface area contributed by atoms with Gasteiger partial charge in [-0.05, 0) is 48.5 Å². The minimum absolute atomic E-state index is 0.240. The number of nitrogens with zero attached hydrogens (tertiary/aromatic N) is 3. The average molecular weight is 449 g/mol. The lowest BCUT2D eigenvalue weighted by Gasteiger charge is -2.37. The molecule has 162 valence electrons. The molecule has 0 bridgehead atoms. The van der Waals surface area contributed by atoms with Crippen LogP contribution < -0.4 is 4.74 Å². The van der Waals surface area contributed by atoms with Crippen molar-refractivity contribution in [1.82, 2.24) is 15.0 Å². The molecule has 2 aromatic carbocycles. The predicted molar refractivity (Wildman–Crippen MR) is 118 cm³/mol. The van der Waals surface area contributed by atoms with Crippen LogP contribution in [0.4, 0.5) is 4.79 Å². The first-order valence-electron chi connectivity index (χ1n) is 10.0. The normalized spacial score (nSPS) is 14.1. The Balaban J connectivity index is 1.20. The maximum Gasteiger partial charge on any atom is 0.506 e. The SMILES string of the molecule is O=C(O)OC1CN(Cc2ccc(-c3noc(-c4ccc(Oc5ccccc5)cc4)n3)s2)C1. The highest BCUT2D eigenvalue weighted by molar-refractivity contribution is 7.15. The second-order valence-corrected chi connectivity index (χ2v) is 8.50. The molecule has 0 amide bonds. The summed E-state index contributed by atoms with van der Waals surface area (Å²) in [7, 11) is 0. The number of carbonyl (C=O) groups is 1. The average Bonchev–Trinajstić information content (AvgIpc) is 3.43. The van der Waals surface area contributed by atoms with E-state index in [0.717, 1.165) is 33.4 Å². The Morgan fingerprint density at radius 2 is 1.81 bits per heavy atom. The van der Waals surface area contributed by atoms with Crippen LogP contribution in [0.1, 0.15) is 4.88 Å². The molecule has 0 radical (unpaired) electrons. The van der Waals surface area contributed by atoms with E-state index in [9.17, 15) is 4.79 Å². The van der Waals surface area contributed by atoms with Gasteiger partial charge in [0.25, 0.3) is 5.89 Å². The maximum atomic E-state index is 10.6. The minimum Gasteiger partial charge on any atom is -0.457 e. The molecule has 3 heterocycles. The fourth-order valence-corrected chi connectivity index (χ4v) is 4.38. The predicted octanol–water partition coefficient (Wildman–Crippen LogP) is 5.14. The molecule has 1 N–H and O–H groups in total. The van der Waals surface area contributed by atoms with Crippen molar-refractivity contribution in [3.63, 3.8) is 0 Å². The number of hydrogen-bond acceptors (Lipinski definition) is 8. The number of likely N-dealkylation sites (tertiary alicyclic amines) is 1. The number of ether oxygens (including phenoxy) is 2. The van der Waals surface area contributed by atoms with E-state index in [1.54, 1.807) is 11.3 Å². The van der Waals surface area contributed by atoms with Crippen molar-refractivity contribution in [3.8, 4) is 33.7 Å². The van der Waals surface area contributed by atoms with Crippen LogP contribution in [0.25, 0.3) is 22.2 Å². The zero-order chi connectivity index (χ0) is 21.9. The van der Waals surface area contributed by atoms with Crippen LogP contribution in [0.5, 0.6) is 11.5 Å². The van der Waals surface area contributed by atoms with E-state index in [0.29, 0.717) is 24.8 Å². The Labute approximate surface area is 187 Å². The summed E-state index contributed by atoms with van der Waals surface area (Å²) < 4.78 is 16.0. The maximum absolute atomic E-state index is 10.6. The van der Waals surface area contributed by atoms with Gasteiger partial charge < -0.3 is 19.1 Å². The number of aromatic nitrogens is 2. The van der Waals surface area contributed by atoms with Crippen LogP contribution in [0, 0.1) is 0 Å². The van der Waals surface area contributed by atoms with Crippen molar-refractivity contribution >= 4 is 17.5 Å². The molecule has 0 spiro atoms. The fourth-order valence-electron chi connectivity index (χ4n) is 3.40. The van der Waals surface area contributed by atoms with Crippen LogP contribution in [-0.2, 0) is 11.3 Å². The van der Waals surface area contributed by atoms with Gasteiger partial charge in [0.15, 0.2) is 0 Å². The number of rotatable bonds is 7. The van der Waals surface area contributed by atoms with E-state index in [4.69, 9.17) is 19.1 Å². The van der Waals surface area contributed by atoms with Crippen molar-refractivity contribution in [2.75, 3.05) is 13.1 Å². The number of para-hydroxylation sites is 1. The van der Waals surface area contributed by atoms with Crippen LogP contribution in [0.3, 0.4) is 0 Å². The molecule has 32 heavy (non-hydrogen) atoms. The van der Waals surface area contributed by atoms with E-state index in [1.165, 1.54) is 0 Å². The van der Waals surface area contributed by atoms with Crippen LogP contribution in [0.15, 0.2) is 71.3 Å². The molecule has 0 atom stereocenters. The van der Waals surface area contributed by atoms with Gasteiger partial charge in [0.2, 0.25) is 5.82 Å².